The lowest BCUT2D eigenvalue weighted by Crippen LogP contribution is -2.39. The van der Waals surface area contributed by atoms with Gasteiger partial charge in [0.25, 0.3) is 0 Å². The van der Waals surface area contributed by atoms with Crippen LogP contribution in [-0.2, 0) is 4.79 Å². The molecule has 0 radical (unpaired) electrons. The largest absolute Gasteiger partial charge is 0.471 e. The number of alkyl halides is 3. The first-order valence-corrected chi connectivity index (χ1v) is 6.47. The summed E-state index contributed by atoms with van der Waals surface area (Å²) in [5.74, 6) is -2.41. The predicted molar refractivity (Wildman–Crippen MR) is 67.4 cm³/mol. The highest BCUT2D eigenvalue weighted by Crippen LogP contribution is 2.39. The molecule has 0 spiro atoms. The maximum atomic E-state index is 12.4. The molecule has 1 heterocycles. The van der Waals surface area contributed by atoms with Gasteiger partial charge >= 0.3 is 12.1 Å². The molecule has 108 valence electrons. The Bertz CT molecular complexity index is 590. The van der Waals surface area contributed by atoms with Gasteiger partial charge in [-0.05, 0) is 11.4 Å². The second-order valence-corrected chi connectivity index (χ2v) is 5.40. The minimum atomic E-state index is -4.98. The summed E-state index contributed by atoms with van der Waals surface area (Å²) in [5.41, 5.74) is 0.542. The molecule has 0 unspecified atom stereocenters. The molecule has 4 nitrogen and oxygen atoms in total. The number of carbonyl (C=O) groups excluding carboxylic acids is 2. The normalized spacial score (nSPS) is 20.1. The van der Waals surface area contributed by atoms with E-state index in [1.807, 2.05) is 5.32 Å². The van der Waals surface area contributed by atoms with E-state index in [-0.39, 0.29) is 11.4 Å². The van der Waals surface area contributed by atoms with Crippen LogP contribution in [0.2, 0.25) is 0 Å². The quantitative estimate of drug-likeness (QED) is 0.851. The monoisotopic (exact) mass is 304 g/mol. The first kappa shape index (κ1) is 14.6. The fourth-order valence-corrected chi connectivity index (χ4v) is 2.84. The molecule has 1 N–H and O–H groups in total. The number of amides is 1. The summed E-state index contributed by atoms with van der Waals surface area (Å²) in [6.45, 7) is 0. The van der Waals surface area contributed by atoms with Crippen molar-refractivity contribution in [3.63, 3.8) is 0 Å². The van der Waals surface area contributed by atoms with E-state index in [0.29, 0.717) is 10.4 Å². The van der Waals surface area contributed by atoms with Crippen LogP contribution in [0.3, 0.4) is 0 Å². The van der Waals surface area contributed by atoms with Crippen LogP contribution in [0, 0.1) is 0 Å². The molecule has 0 aliphatic heterocycles. The molecule has 1 aliphatic rings. The first-order valence-electron chi connectivity index (χ1n) is 5.59. The van der Waals surface area contributed by atoms with Crippen LogP contribution >= 0.6 is 11.3 Å². The van der Waals surface area contributed by atoms with Gasteiger partial charge in [-0.2, -0.15) is 13.2 Å². The molecular formula is C12H11F3N2O2S. The van der Waals surface area contributed by atoms with Gasteiger partial charge in [-0.25, -0.2) is 0 Å². The maximum Gasteiger partial charge on any atom is 0.471 e. The van der Waals surface area contributed by atoms with Crippen molar-refractivity contribution in [3.05, 3.63) is 33.7 Å². The Balaban J connectivity index is 2.38. The Morgan fingerprint density at radius 3 is 2.65 bits per heavy atom. The lowest BCUT2D eigenvalue weighted by atomic mass is 10.1. The summed E-state index contributed by atoms with van der Waals surface area (Å²) in [4.78, 5) is 25.1. The van der Waals surface area contributed by atoms with Crippen molar-refractivity contribution in [2.24, 2.45) is 0 Å². The van der Waals surface area contributed by atoms with E-state index in [1.165, 1.54) is 6.20 Å². The van der Waals surface area contributed by atoms with Gasteiger partial charge in [0, 0.05) is 31.4 Å². The second-order valence-electron chi connectivity index (χ2n) is 4.49. The molecule has 2 rings (SSSR count). The smallest absolute Gasteiger partial charge is 0.383 e. The number of ketones is 1. The molecular weight excluding hydrogens is 293 g/mol. The zero-order valence-electron chi connectivity index (χ0n) is 10.6. The molecule has 0 saturated heterocycles. The van der Waals surface area contributed by atoms with Gasteiger partial charge in [-0.15, -0.1) is 11.3 Å². The minimum absolute atomic E-state index is 0.134. The fraction of sp³-hybridized carbons (Fsp3) is 0.333. The first-order chi connectivity index (χ1) is 9.21. The molecule has 0 saturated carbocycles. The zero-order chi connectivity index (χ0) is 15.1. The minimum Gasteiger partial charge on any atom is -0.383 e. The number of hydrogen-bond acceptors (Lipinski definition) is 4. The number of fused-ring (bicyclic) bond motifs is 1. The van der Waals surface area contributed by atoms with E-state index in [0.717, 1.165) is 11.3 Å². The van der Waals surface area contributed by atoms with E-state index < -0.39 is 18.1 Å². The molecule has 1 amide bonds. The van der Waals surface area contributed by atoms with Crippen molar-refractivity contribution < 1.29 is 22.8 Å². The summed E-state index contributed by atoms with van der Waals surface area (Å²) in [6, 6.07) is 0.496. The Kier molecular flexibility index (Phi) is 3.59. The SMILES string of the molecule is CN(C)C=C1C(=O)c2sccc2[C@H]1NC(=O)C(F)(F)F. The second kappa shape index (κ2) is 4.93. The summed E-state index contributed by atoms with van der Waals surface area (Å²) in [7, 11) is 3.30. The van der Waals surface area contributed by atoms with Crippen LogP contribution in [-0.4, -0.2) is 36.9 Å². The molecule has 1 atom stereocenters. The van der Waals surface area contributed by atoms with Crippen LogP contribution in [0.15, 0.2) is 23.2 Å². The van der Waals surface area contributed by atoms with Gasteiger partial charge in [0.05, 0.1) is 10.9 Å². The van der Waals surface area contributed by atoms with Crippen LogP contribution in [0.25, 0.3) is 0 Å². The van der Waals surface area contributed by atoms with Crippen molar-refractivity contribution in [1.29, 1.82) is 0 Å². The maximum absolute atomic E-state index is 12.4. The third kappa shape index (κ3) is 2.55. The number of halogens is 3. The molecule has 0 bridgehead atoms. The number of rotatable bonds is 2. The van der Waals surface area contributed by atoms with Crippen molar-refractivity contribution in [1.82, 2.24) is 10.2 Å². The standard InChI is InChI=1S/C12H11F3N2O2S/c1-17(2)5-7-8(16-11(19)12(13,14)15)6-3-4-20-10(6)9(7)18/h3-5,8H,1-2H3,(H,16,19)/t8-/m1/s1. The van der Waals surface area contributed by atoms with Gasteiger partial charge < -0.3 is 10.2 Å². The highest BCUT2D eigenvalue weighted by Gasteiger charge is 2.44. The molecule has 1 aromatic rings. The summed E-state index contributed by atoms with van der Waals surface area (Å²) >= 11 is 1.15. The van der Waals surface area contributed by atoms with Gasteiger partial charge in [0.2, 0.25) is 5.78 Å². The van der Waals surface area contributed by atoms with Crippen molar-refractivity contribution >= 4 is 23.0 Å². The zero-order valence-corrected chi connectivity index (χ0v) is 11.4. The number of carbonyl (C=O) groups is 2. The van der Waals surface area contributed by atoms with Gasteiger partial charge in [0.1, 0.15) is 0 Å². The average molecular weight is 304 g/mol. The van der Waals surface area contributed by atoms with E-state index in [4.69, 9.17) is 0 Å². The number of nitrogens with one attached hydrogen (secondary N) is 1. The van der Waals surface area contributed by atoms with Gasteiger partial charge in [0.15, 0.2) is 0 Å². The highest BCUT2D eigenvalue weighted by atomic mass is 32.1. The molecule has 20 heavy (non-hydrogen) atoms. The molecule has 1 aliphatic carbocycles. The predicted octanol–water partition coefficient (Wildman–Crippen LogP) is 2.11. The third-order valence-corrected chi connectivity index (χ3v) is 3.65. The molecule has 0 fully saturated rings. The van der Waals surface area contributed by atoms with E-state index in [9.17, 15) is 22.8 Å². The van der Waals surface area contributed by atoms with Crippen molar-refractivity contribution in [3.8, 4) is 0 Å². The Hall–Kier alpha value is -1.83. The molecule has 1 aromatic heterocycles. The van der Waals surface area contributed by atoms with Crippen LogP contribution < -0.4 is 5.32 Å². The van der Waals surface area contributed by atoms with Crippen LogP contribution in [0.5, 0.6) is 0 Å². The number of thiophene rings is 1. The van der Waals surface area contributed by atoms with E-state index in [1.54, 1.807) is 30.4 Å². The Labute approximate surface area is 116 Å². The molecule has 8 heteroatoms. The van der Waals surface area contributed by atoms with Crippen LogP contribution in [0.4, 0.5) is 13.2 Å². The van der Waals surface area contributed by atoms with Crippen LogP contribution in [0.1, 0.15) is 21.3 Å². The van der Waals surface area contributed by atoms with E-state index in [2.05, 4.69) is 0 Å². The third-order valence-electron chi connectivity index (χ3n) is 2.72. The van der Waals surface area contributed by atoms with Gasteiger partial charge in [-0.1, -0.05) is 0 Å². The molecule has 0 aromatic carbocycles. The highest BCUT2D eigenvalue weighted by molar-refractivity contribution is 7.12. The Morgan fingerprint density at radius 1 is 1.45 bits per heavy atom. The summed E-state index contributed by atoms with van der Waals surface area (Å²) in [6.07, 6.45) is -3.55. The van der Waals surface area contributed by atoms with Crippen molar-refractivity contribution in [2.75, 3.05) is 14.1 Å². The fourth-order valence-electron chi connectivity index (χ4n) is 1.94. The average Bonchev–Trinajstić information content (AvgIpc) is 2.86. The van der Waals surface area contributed by atoms with Crippen molar-refractivity contribution in [2.45, 2.75) is 12.2 Å². The van der Waals surface area contributed by atoms with Gasteiger partial charge in [-0.3, -0.25) is 9.59 Å². The lowest BCUT2D eigenvalue weighted by Gasteiger charge is -2.17. The number of nitrogens with zero attached hydrogens (tertiary/aromatic N) is 1. The topological polar surface area (TPSA) is 49.4 Å². The number of hydrogen-bond donors (Lipinski definition) is 1. The lowest BCUT2D eigenvalue weighted by molar-refractivity contribution is -0.174. The Morgan fingerprint density at radius 2 is 2.10 bits per heavy atom. The summed E-state index contributed by atoms with van der Waals surface area (Å²) in [5, 5.41) is 3.49. The summed E-state index contributed by atoms with van der Waals surface area (Å²) < 4.78 is 37.1. The number of Topliss-reactive ketones (excluding diaryl/α,β-unsaturated/α-hetero) is 1. The van der Waals surface area contributed by atoms with E-state index >= 15 is 0 Å².